The number of hydrogen-bond acceptors (Lipinski definition) is 5. The summed E-state index contributed by atoms with van der Waals surface area (Å²) in [5, 5.41) is 14.1. The molecule has 136 valence electrons. The van der Waals surface area contributed by atoms with E-state index in [0.29, 0.717) is 25.4 Å². The maximum absolute atomic E-state index is 12.9. The van der Waals surface area contributed by atoms with Crippen molar-refractivity contribution >= 4 is 11.9 Å². The van der Waals surface area contributed by atoms with Crippen molar-refractivity contribution in [2.45, 2.75) is 13.3 Å². The van der Waals surface area contributed by atoms with Gasteiger partial charge < -0.3 is 14.7 Å². The van der Waals surface area contributed by atoms with E-state index in [2.05, 4.69) is 10.1 Å². The molecule has 8 nitrogen and oxygen atoms in total. The first-order valence-electron chi connectivity index (χ1n) is 8.61. The predicted molar refractivity (Wildman–Crippen MR) is 91.0 cm³/mol. The first-order chi connectivity index (χ1) is 12.5. The van der Waals surface area contributed by atoms with Gasteiger partial charge in [0.1, 0.15) is 11.2 Å². The van der Waals surface area contributed by atoms with Crippen molar-refractivity contribution in [3.05, 3.63) is 42.0 Å². The highest BCUT2D eigenvalue weighted by Crippen LogP contribution is 2.42. The van der Waals surface area contributed by atoms with Crippen molar-refractivity contribution in [1.82, 2.24) is 19.7 Å². The summed E-state index contributed by atoms with van der Waals surface area (Å²) in [5.74, 6) is -0.650. The lowest BCUT2D eigenvalue weighted by molar-refractivity contribution is -0.159. The smallest absolute Gasteiger partial charge is 0.314 e. The standard InChI is InChI=1S/C18H20N4O4/c1-12-19-15(20-22(12)14-5-3-2-4-6-14)16(23)21-9-13-7-8-26-11-18(13,10-21)17(24)25/h2-6,13H,7-11H2,1H3,(H,24,25)/t13-,18+/m0/s1. The molecule has 26 heavy (non-hydrogen) atoms. The summed E-state index contributed by atoms with van der Waals surface area (Å²) in [7, 11) is 0. The van der Waals surface area contributed by atoms with Crippen molar-refractivity contribution in [1.29, 1.82) is 0 Å². The van der Waals surface area contributed by atoms with Gasteiger partial charge in [0.25, 0.3) is 5.91 Å². The fourth-order valence-corrected chi connectivity index (χ4v) is 3.88. The molecule has 1 amide bonds. The van der Waals surface area contributed by atoms with Crippen LogP contribution in [0.25, 0.3) is 5.69 Å². The molecular formula is C18H20N4O4. The molecule has 0 aliphatic carbocycles. The molecule has 1 N–H and O–H groups in total. The van der Waals surface area contributed by atoms with Crippen molar-refractivity contribution in [2.75, 3.05) is 26.3 Å². The number of nitrogens with zero attached hydrogens (tertiary/aromatic N) is 4. The number of para-hydroxylation sites is 1. The van der Waals surface area contributed by atoms with Crippen LogP contribution in [0.2, 0.25) is 0 Å². The van der Waals surface area contributed by atoms with Crippen molar-refractivity contribution < 1.29 is 19.4 Å². The second-order valence-corrected chi connectivity index (χ2v) is 6.92. The molecular weight excluding hydrogens is 336 g/mol. The van der Waals surface area contributed by atoms with Gasteiger partial charge in [0.15, 0.2) is 0 Å². The van der Waals surface area contributed by atoms with E-state index < -0.39 is 11.4 Å². The van der Waals surface area contributed by atoms with E-state index in [9.17, 15) is 14.7 Å². The minimum Gasteiger partial charge on any atom is -0.481 e. The lowest BCUT2D eigenvalue weighted by Crippen LogP contribution is -2.46. The molecule has 2 aliphatic rings. The Hall–Kier alpha value is -2.74. The van der Waals surface area contributed by atoms with Crippen LogP contribution in [-0.4, -0.2) is 63.0 Å². The second kappa shape index (κ2) is 6.21. The lowest BCUT2D eigenvalue weighted by atomic mass is 9.76. The van der Waals surface area contributed by atoms with Gasteiger partial charge in [-0.25, -0.2) is 9.67 Å². The Morgan fingerprint density at radius 1 is 1.31 bits per heavy atom. The molecule has 1 aromatic carbocycles. The van der Waals surface area contributed by atoms with E-state index in [1.54, 1.807) is 16.5 Å². The Balaban J connectivity index is 1.60. The summed E-state index contributed by atoms with van der Waals surface area (Å²) in [6.07, 6.45) is 0.640. The number of carboxylic acid groups (broad SMARTS) is 1. The molecule has 8 heteroatoms. The number of ether oxygens (including phenoxy) is 1. The molecule has 2 saturated heterocycles. The molecule has 2 atom stereocenters. The van der Waals surface area contributed by atoms with E-state index in [1.807, 2.05) is 30.3 Å². The number of amides is 1. The van der Waals surface area contributed by atoms with Crippen LogP contribution in [0.15, 0.2) is 30.3 Å². The fourth-order valence-electron chi connectivity index (χ4n) is 3.88. The number of benzene rings is 1. The molecule has 2 fully saturated rings. The molecule has 3 heterocycles. The predicted octanol–water partition coefficient (Wildman–Crippen LogP) is 1.14. The molecule has 1 aromatic heterocycles. The number of hydrogen-bond donors (Lipinski definition) is 1. The van der Waals surface area contributed by atoms with Gasteiger partial charge >= 0.3 is 5.97 Å². The Morgan fingerprint density at radius 3 is 2.77 bits per heavy atom. The average molecular weight is 356 g/mol. The van der Waals surface area contributed by atoms with Gasteiger partial charge in [0.2, 0.25) is 5.82 Å². The number of carbonyl (C=O) groups is 2. The summed E-state index contributed by atoms with van der Waals surface area (Å²) in [6, 6.07) is 9.45. The molecule has 0 saturated carbocycles. The van der Waals surface area contributed by atoms with E-state index in [1.165, 1.54) is 0 Å². The van der Waals surface area contributed by atoms with E-state index in [4.69, 9.17) is 4.74 Å². The van der Waals surface area contributed by atoms with E-state index in [-0.39, 0.29) is 30.8 Å². The highest BCUT2D eigenvalue weighted by atomic mass is 16.5. The topological polar surface area (TPSA) is 97.6 Å². The Morgan fingerprint density at radius 2 is 2.08 bits per heavy atom. The minimum absolute atomic E-state index is 0.0893. The third-order valence-corrected chi connectivity index (χ3v) is 5.34. The number of carboxylic acids is 1. The second-order valence-electron chi connectivity index (χ2n) is 6.92. The number of aryl methyl sites for hydroxylation is 1. The Bertz CT molecular complexity index is 850. The van der Waals surface area contributed by atoms with Gasteiger partial charge in [-0.2, -0.15) is 0 Å². The average Bonchev–Trinajstić information content (AvgIpc) is 3.23. The van der Waals surface area contributed by atoms with Crippen LogP contribution >= 0.6 is 0 Å². The van der Waals surface area contributed by atoms with Crippen LogP contribution in [-0.2, 0) is 9.53 Å². The number of carbonyl (C=O) groups excluding carboxylic acids is 1. The van der Waals surface area contributed by atoms with Crippen molar-refractivity contribution in [3.8, 4) is 5.69 Å². The normalized spacial score (nSPS) is 25.1. The van der Waals surface area contributed by atoms with E-state index >= 15 is 0 Å². The number of rotatable bonds is 3. The highest BCUT2D eigenvalue weighted by Gasteiger charge is 2.55. The van der Waals surface area contributed by atoms with Crippen molar-refractivity contribution in [2.24, 2.45) is 11.3 Å². The van der Waals surface area contributed by atoms with Crippen molar-refractivity contribution in [3.63, 3.8) is 0 Å². The van der Waals surface area contributed by atoms with Crippen LogP contribution in [0.5, 0.6) is 0 Å². The summed E-state index contributed by atoms with van der Waals surface area (Å²) < 4.78 is 7.03. The maximum Gasteiger partial charge on any atom is 0.314 e. The molecule has 0 radical (unpaired) electrons. The SMILES string of the molecule is Cc1nc(C(=O)N2C[C@@H]3CCOC[C@]3(C(=O)O)C2)nn1-c1ccccc1. The van der Waals surface area contributed by atoms with Gasteiger partial charge in [0, 0.05) is 19.7 Å². The van der Waals surface area contributed by atoms with Gasteiger partial charge in [0.05, 0.1) is 12.3 Å². The monoisotopic (exact) mass is 356 g/mol. The number of aliphatic carboxylic acids is 1. The molecule has 0 spiro atoms. The first kappa shape index (κ1) is 16.7. The third-order valence-electron chi connectivity index (χ3n) is 5.34. The van der Waals surface area contributed by atoms with Crippen LogP contribution in [0.1, 0.15) is 22.9 Å². The highest BCUT2D eigenvalue weighted by molar-refractivity contribution is 5.91. The summed E-state index contributed by atoms with van der Waals surface area (Å²) in [6.45, 7) is 2.98. The molecule has 4 rings (SSSR count). The summed E-state index contributed by atoms with van der Waals surface area (Å²) in [4.78, 5) is 30.6. The minimum atomic E-state index is -1.02. The van der Waals surface area contributed by atoms with Crippen LogP contribution < -0.4 is 0 Å². The Kier molecular flexibility index (Phi) is 3.99. The largest absolute Gasteiger partial charge is 0.481 e. The van der Waals surface area contributed by atoms with Crippen LogP contribution in [0.3, 0.4) is 0 Å². The summed E-state index contributed by atoms with van der Waals surface area (Å²) in [5.41, 5.74) is -0.202. The Labute approximate surface area is 150 Å². The number of likely N-dealkylation sites (tertiary alicyclic amines) is 1. The van der Waals surface area contributed by atoms with Crippen LogP contribution in [0, 0.1) is 18.3 Å². The quantitative estimate of drug-likeness (QED) is 0.886. The zero-order chi connectivity index (χ0) is 18.3. The number of fused-ring (bicyclic) bond motifs is 1. The maximum atomic E-state index is 12.9. The molecule has 0 unspecified atom stereocenters. The van der Waals surface area contributed by atoms with Gasteiger partial charge in [-0.05, 0) is 31.4 Å². The van der Waals surface area contributed by atoms with Gasteiger partial charge in [-0.1, -0.05) is 18.2 Å². The zero-order valence-corrected chi connectivity index (χ0v) is 14.5. The molecule has 2 aliphatic heterocycles. The van der Waals surface area contributed by atoms with Crippen LogP contribution in [0.4, 0.5) is 0 Å². The third kappa shape index (κ3) is 2.57. The fraction of sp³-hybridized carbons (Fsp3) is 0.444. The lowest BCUT2D eigenvalue weighted by Gasteiger charge is -2.33. The molecule has 2 aromatic rings. The van der Waals surface area contributed by atoms with Gasteiger partial charge in [-0.3, -0.25) is 9.59 Å². The summed E-state index contributed by atoms with van der Waals surface area (Å²) >= 11 is 0. The molecule has 0 bridgehead atoms. The van der Waals surface area contributed by atoms with Gasteiger partial charge in [-0.15, -0.1) is 5.10 Å². The van der Waals surface area contributed by atoms with E-state index in [0.717, 1.165) is 5.69 Å². The first-order valence-corrected chi connectivity index (χ1v) is 8.61. The zero-order valence-electron chi connectivity index (χ0n) is 14.5. The number of aromatic nitrogens is 3.